The Kier molecular flexibility index (Phi) is 6.11. The maximum absolute atomic E-state index is 14.5. The van der Waals surface area contributed by atoms with E-state index in [-0.39, 0.29) is 23.2 Å². The number of nitrogens with zero attached hydrogens (tertiary/aromatic N) is 2. The molecule has 152 valence electrons. The van der Waals surface area contributed by atoms with E-state index < -0.39 is 11.7 Å². The molecule has 1 unspecified atom stereocenters. The van der Waals surface area contributed by atoms with Crippen molar-refractivity contribution in [2.24, 2.45) is 0 Å². The molecule has 0 fully saturated rings. The molecule has 29 heavy (non-hydrogen) atoms. The maximum Gasteiger partial charge on any atom is 0.321 e. The summed E-state index contributed by atoms with van der Waals surface area (Å²) < 4.78 is 14.5. The van der Waals surface area contributed by atoms with Crippen molar-refractivity contribution in [2.75, 3.05) is 18.4 Å². The van der Waals surface area contributed by atoms with Gasteiger partial charge in [0.1, 0.15) is 5.52 Å². The van der Waals surface area contributed by atoms with Crippen LogP contribution in [0, 0.1) is 5.82 Å². The molecule has 8 heteroatoms. The Balaban J connectivity index is 1.67. The third-order valence-electron chi connectivity index (χ3n) is 4.83. The van der Waals surface area contributed by atoms with Crippen molar-refractivity contribution in [2.45, 2.75) is 26.8 Å². The van der Waals surface area contributed by atoms with Crippen LogP contribution in [-0.4, -0.2) is 39.9 Å². The van der Waals surface area contributed by atoms with Crippen molar-refractivity contribution in [3.8, 4) is 0 Å². The molecule has 0 saturated heterocycles. The Labute approximate surface area is 168 Å². The fourth-order valence-corrected chi connectivity index (χ4v) is 3.08. The number of nitrogens with one attached hydrogen (secondary N) is 3. The number of benzene rings is 2. The first-order chi connectivity index (χ1) is 13.9. The fourth-order valence-electron chi connectivity index (χ4n) is 3.08. The normalized spacial score (nSPS) is 11.9. The van der Waals surface area contributed by atoms with Gasteiger partial charge in [-0.2, -0.15) is 0 Å². The van der Waals surface area contributed by atoms with Crippen molar-refractivity contribution in [1.82, 2.24) is 20.2 Å². The molecule has 3 rings (SSSR count). The lowest BCUT2D eigenvalue weighted by atomic mass is 10.1. The standard InChI is InChI=1S/C21H24FN5O2/c1-4-27(5-2)21(29)26-15-8-6-14(7-9-15)13(3)25-20(28)16-10-11-17-19(18(16)22)24-12-23-17/h6-13H,4-5H2,1-3H3,(H,23,24)(H,25,28)(H,26,29). The number of aromatic nitrogens is 2. The third kappa shape index (κ3) is 4.37. The van der Waals surface area contributed by atoms with Gasteiger partial charge in [0.05, 0.1) is 23.4 Å². The number of hydrogen-bond donors (Lipinski definition) is 3. The molecule has 0 spiro atoms. The van der Waals surface area contributed by atoms with Crippen LogP contribution in [0.4, 0.5) is 14.9 Å². The van der Waals surface area contributed by atoms with Gasteiger partial charge < -0.3 is 20.5 Å². The zero-order chi connectivity index (χ0) is 21.0. The van der Waals surface area contributed by atoms with Crippen LogP contribution < -0.4 is 10.6 Å². The highest BCUT2D eigenvalue weighted by molar-refractivity contribution is 5.98. The number of carbonyl (C=O) groups excluding carboxylic acids is 2. The molecule has 0 aliphatic rings. The molecular formula is C21H24FN5O2. The Morgan fingerprint density at radius 2 is 1.83 bits per heavy atom. The van der Waals surface area contributed by atoms with Gasteiger partial charge >= 0.3 is 6.03 Å². The minimum atomic E-state index is -0.650. The van der Waals surface area contributed by atoms with E-state index in [4.69, 9.17) is 0 Å². The number of amides is 3. The second kappa shape index (κ2) is 8.72. The highest BCUT2D eigenvalue weighted by Crippen LogP contribution is 2.20. The number of anilines is 1. The average Bonchev–Trinajstić information content (AvgIpc) is 3.19. The molecule has 1 aromatic heterocycles. The quantitative estimate of drug-likeness (QED) is 0.586. The third-order valence-corrected chi connectivity index (χ3v) is 4.83. The van der Waals surface area contributed by atoms with Gasteiger partial charge in [-0.25, -0.2) is 14.2 Å². The van der Waals surface area contributed by atoms with E-state index in [1.165, 1.54) is 12.4 Å². The Bertz CT molecular complexity index is 1010. The number of carbonyl (C=O) groups is 2. The number of fused-ring (bicyclic) bond motifs is 1. The highest BCUT2D eigenvalue weighted by Gasteiger charge is 2.18. The molecule has 0 aliphatic carbocycles. The van der Waals surface area contributed by atoms with Crippen molar-refractivity contribution in [3.05, 3.63) is 59.7 Å². The number of imidazole rings is 1. The lowest BCUT2D eigenvalue weighted by Crippen LogP contribution is -2.34. The largest absolute Gasteiger partial charge is 0.345 e. The molecule has 7 nitrogen and oxygen atoms in total. The van der Waals surface area contributed by atoms with Gasteiger partial charge in [-0.05, 0) is 50.6 Å². The number of H-pyrrole nitrogens is 1. The van der Waals surface area contributed by atoms with Crippen LogP contribution in [0.15, 0.2) is 42.7 Å². The van der Waals surface area contributed by atoms with Gasteiger partial charge in [0.2, 0.25) is 0 Å². The molecule has 3 N–H and O–H groups in total. The summed E-state index contributed by atoms with van der Waals surface area (Å²) in [6.07, 6.45) is 1.39. The number of halogens is 1. The SMILES string of the molecule is CCN(CC)C(=O)Nc1ccc(C(C)NC(=O)c2ccc3[nH]cnc3c2F)cc1. The molecule has 0 bridgehead atoms. The first-order valence-corrected chi connectivity index (χ1v) is 9.52. The predicted molar refractivity (Wildman–Crippen MR) is 110 cm³/mol. The zero-order valence-corrected chi connectivity index (χ0v) is 16.6. The lowest BCUT2D eigenvalue weighted by molar-refractivity contribution is 0.0936. The van der Waals surface area contributed by atoms with E-state index in [2.05, 4.69) is 20.6 Å². The second-order valence-corrected chi connectivity index (χ2v) is 6.65. The summed E-state index contributed by atoms with van der Waals surface area (Å²) in [7, 11) is 0. The lowest BCUT2D eigenvalue weighted by Gasteiger charge is -2.20. The van der Waals surface area contributed by atoms with Gasteiger partial charge in [-0.1, -0.05) is 12.1 Å². The molecule has 0 saturated carbocycles. The zero-order valence-electron chi connectivity index (χ0n) is 16.6. The first kappa shape index (κ1) is 20.3. The van der Waals surface area contributed by atoms with Crippen LogP contribution in [-0.2, 0) is 0 Å². The summed E-state index contributed by atoms with van der Waals surface area (Å²) in [6, 6.07) is 9.73. The fraction of sp³-hybridized carbons (Fsp3) is 0.286. The van der Waals surface area contributed by atoms with Crippen molar-refractivity contribution < 1.29 is 14.0 Å². The van der Waals surface area contributed by atoms with Gasteiger partial charge in [0.25, 0.3) is 5.91 Å². The number of rotatable bonds is 6. The van der Waals surface area contributed by atoms with Crippen LogP contribution in [0.5, 0.6) is 0 Å². The summed E-state index contributed by atoms with van der Waals surface area (Å²) in [5.41, 5.74) is 2.12. The van der Waals surface area contributed by atoms with Gasteiger partial charge in [0.15, 0.2) is 5.82 Å². The van der Waals surface area contributed by atoms with Crippen LogP contribution in [0.25, 0.3) is 11.0 Å². The Morgan fingerprint density at radius 1 is 1.14 bits per heavy atom. The molecule has 1 atom stereocenters. The van der Waals surface area contributed by atoms with Gasteiger partial charge in [-0.15, -0.1) is 0 Å². The van der Waals surface area contributed by atoms with Crippen LogP contribution >= 0.6 is 0 Å². The summed E-state index contributed by atoms with van der Waals surface area (Å²) in [4.78, 5) is 33.0. The number of hydrogen-bond acceptors (Lipinski definition) is 3. The topological polar surface area (TPSA) is 90.1 Å². The average molecular weight is 397 g/mol. The minimum absolute atomic E-state index is 0.0560. The minimum Gasteiger partial charge on any atom is -0.345 e. The summed E-state index contributed by atoms with van der Waals surface area (Å²) >= 11 is 0. The van der Waals surface area contributed by atoms with Crippen molar-refractivity contribution >= 4 is 28.7 Å². The summed E-state index contributed by atoms with van der Waals surface area (Å²) in [5, 5.41) is 5.63. The monoisotopic (exact) mass is 397 g/mol. The van der Waals surface area contributed by atoms with E-state index in [1.54, 1.807) is 23.1 Å². The molecule has 0 aliphatic heterocycles. The van der Waals surface area contributed by atoms with E-state index in [9.17, 15) is 14.0 Å². The summed E-state index contributed by atoms with van der Waals surface area (Å²) in [6.45, 7) is 6.91. The number of urea groups is 1. The van der Waals surface area contributed by atoms with E-state index in [0.29, 0.717) is 24.3 Å². The molecule has 3 aromatic rings. The van der Waals surface area contributed by atoms with Crippen LogP contribution in [0.3, 0.4) is 0 Å². The molecule has 2 aromatic carbocycles. The van der Waals surface area contributed by atoms with Gasteiger partial charge in [-0.3, -0.25) is 4.79 Å². The molecule has 1 heterocycles. The van der Waals surface area contributed by atoms with Crippen molar-refractivity contribution in [3.63, 3.8) is 0 Å². The van der Waals surface area contributed by atoms with E-state index >= 15 is 0 Å². The van der Waals surface area contributed by atoms with Crippen molar-refractivity contribution in [1.29, 1.82) is 0 Å². The predicted octanol–water partition coefficient (Wildman–Crippen LogP) is 4.07. The van der Waals surface area contributed by atoms with Crippen LogP contribution in [0.1, 0.15) is 42.7 Å². The summed E-state index contributed by atoms with van der Waals surface area (Å²) in [5.74, 6) is -1.17. The Morgan fingerprint density at radius 3 is 2.48 bits per heavy atom. The maximum atomic E-state index is 14.5. The Hall–Kier alpha value is -3.42. The first-order valence-electron chi connectivity index (χ1n) is 9.52. The molecule has 0 radical (unpaired) electrons. The van der Waals surface area contributed by atoms with E-state index in [1.807, 2.05) is 32.9 Å². The van der Waals surface area contributed by atoms with Gasteiger partial charge in [0, 0.05) is 18.8 Å². The smallest absolute Gasteiger partial charge is 0.321 e. The molecule has 3 amide bonds. The second-order valence-electron chi connectivity index (χ2n) is 6.65. The number of aromatic amines is 1. The van der Waals surface area contributed by atoms with Crippen LogP contribution in [0.2, 0.25) is 0 Å². The van der Waals surface area contributed by atoms with E-state index in [0.717, 1.165) is 5.56 Å². The molecular weight excluding hydrogens is 373 g/mol. The highest BCUT2D eigenvalue weighted by atomic mass is 19.1.